The molecule has 0 aliphatic carbocycles. The van der Waals surface area contributed by atoms with Crippen LogP contribution in [0.4, 0.5) is 5.69 Å². The molecule has 2 aromatic rings. The van der Waals surface area contributed by atoms with E-state index in [0.29, 0.717) is 5.75 Å². The fraction of sp³-hybridized carbons (Fsp3) is 0.235. The lowest BCUT2D eigenvalue weighted by Gasteiger charge is -2.25. The van der Waals surface area contributed by atoms with Crippen molar-refractivity contribution in [3.8, 4) is 0 Å². The molecule has 23 heavy (non-hydrogen) atoms. The number of thioether (sulfide) groups is 1. The van der Waals surface area contributed by atoms with Gasteiger partial charge in [-0.25, -0.2) is 0 Å². The molecule has 5 nitrogen and oxygen atoms in total. The molecule has 2 aromatic carbocycles. The molecule has 0 fully saturated rings. The number of amides is 1. The molecule has 0 aliphatic rings. The Labute approximate surface area is 139 Å². The first kappa shape index (κ1) is 17.0. The molecule has 0 saturated carbocycles. The summed E-state index contributed by atoms with van der Waals surface area (Å²) in [6, 6.07) is 15.9. The van der Waals surface area contributed by atoms with Crippen LogP contribution in [0.2, 0.25) is 0 Å². The van der Waals surface area contributed by atoms with Gasteiger partial charge in [-0.1, -0.05) is 30.3 Å². The van der Waals surface area contributed by atoms with Gasteiger partial charge >= 0.3 is 0 Å². The molecule has 1 atom stereocenters. The highest BCUT2D eigenvalue weighted by atomic mass is 32.2. The van der Waals surface area contributed by atoms with Gasteiger partial charge in [0.2, 0.25) is 5.91 Å². The van der Waals surface area contributed by atoms with Gasteiger partial charge in [0.15, 0.2) is 0 Å². The molecule has 0 aliphatic heterocycles. The van der Waals surface area contributed by atoms with Crippen molar-refractivity contribution in [1.29, 1.82) is 0 Å². The monoisotopic (exact) mass is 330 g/mol. The highest BCUT2D eigenvalue weighted by Gasteiger charge is 2.19. The smallest absolute Gasteiger partial charge is 0.269 e. The first-order chi connectivity index (χ1) is 11.0. The van der Waals surface area contributed by atoms with Crippen LogP contribution in [-0.2, 0) is 4.79 Å². The lowest BCUT2D eigenvalue weighted by molar-refractivity contribution is -0.384. The number of rotatable bonds is 6. The third-order valence-electron chi connectivity index (χ3n) is 3.64. The van der Waals surface area contributed by atoms with Gasteiger partial charge in [-0.2, -0.15) is 0 Å². The Morgan fingerprint density at radius 3 is 2.57 bits per heavy atom. The lowest BCUT2D eigenvalue weighted by atomic mass is 10.1. The summed E-state index contributed by atoms with van der Waals surface area (Å²) in [6.45, 7) is 1.87. The van der Waals surface area contributed by atoms with Crippen LogP contribution in [0.1, 0.15) is 18.5 Å². The van der Waals surface area contributed by atoms with Gasteiger partial charge in [-0.05, 0) is 24.6 Å². The van der Waals surface area contributed by atoms with Crippen LogP contribution in [-0.4, -0.2) is 28.5 Å². The highest BCUT2D eigenvalue weighted by molar-refractivity contribution is 8.00. The van der Waals surface area contributed by atoms with E-state index in [0.717, 1.165) is 10.5 Å². The Balaban J connectivity index is 2.01. The molecular formula is C17H18N2O3S. The highest BCUT2D eigenvalue weighted by Crippen LogP contribution is 2.24. The summed E-state index contributed by atoms with van der Waals surface area (Å²) in [5, 5.41) is 10.9. The molecule has 0 bridgehead atoms. The van der Waals surface area contributed by atoms with E-state index in [1.54, 1.807) is 24.1 Å². The minimum Gasteiger partial charge on any atom is -0.338 e. The summed E-state index contributed by atoms with van der Waals surface area (Å²) in [7, 11) is 1.72. The predicted octanol–water partition coefficient (Wildman–Crippen LogP) is 3.91. The van der Waals surface area contributed by atoms with E-state index in [9.17, 15) is 14.9 Å². The van der Waals surface area contributed by atoms with Crippen LogP contribution in [0.3, 0.4) is 0 Å². The molecule has 2 rings (SSSR count). The molecule has 120 valence electrons. The van der Waals surface area contributed by atoms with E-state index in [1.165, 1.54) is 23.9 Å². The fourth-order valence-corrected chi connectivity index (χ4v) is 2.94. The second-order valence-electron chi connectivity index (χ2n) is 5.13. The molecule has 0 unspecified atom stereocenters. The quantitative estimate of drug-likeness (QED) is 0.458. The van der Waals surface area contributed by atoms with E-state index >= 15 is 0 Å². The van der Waals surface area contributed by atoms with E-state index in [1.807, 2.05) is 37.3 Å². The van der Waals surface area contributed by atoms with E-state index in [-0.39, 0.29) is 17.6 Å². The Hall–Kier alpha value is -2.34. The number of carbonyl (C=O) groups is 1. The molecule has 0 aromatic heterocycles. The maximum Gasteiger partial charge on any atom is 0.269 e. The summed E-state index contributed by atoms with van der Waals surface area (Å²) < 4.78 is 0. The number of nitrogens with zero attached hydrogens (tertiary/aromatic N) is 2. The maximum atomic E-state index is 12.3. The van der Waals surface area contributed by atoms with Gasteiger partial charge in [-0.3, -0.25) is 14.9 Å². The molecule has 0 radical (unpaired) electrons. The summed E-state index contributed by atoms with van der Waals surface area (Å²) in [5.74, 6) is 0.317. The second kappa shape index (κ2) is 7.78. The molecule has 0 saturated heterocycles. The Kier molecular flexibility index (Phi) is 5.76. The third kappa shape index (κ3) is 4.56. The van der Waals surface area contributed by atoms with E-state index in [4.69, 9.17) is 0 Å². The van der Waals surface area contributed by atoms with Crippen molar-refractivity contribution in [1.82, 2.24) is 4.90 Å². The van der Waals surface area contributed by atoms with Crippen molar-refractivity contribution in [2.75, 3.05) is 12.8 Å². The van der Waals surface area contributed by atoms with E-state index < -0.39 is 4.92 Å². The number of non-ortho nitro benzene ring substituents is 1. The summed E-state index contributed by atoms with van der Waals surface area (Å²) in [5.41, 5.74) is 0.786. The molecule has 0 spiro atoms. The van der Waals surface area contributed by atoms with Crippen LogP contribution in [0.15, 0.2) is 59.5 Å². The number of benzene rings is 2. The summed E-state index contributed by atoms with van der Waals surface area (Å²) >= 11 is 1.48. The Bertz CT molecular complexity index is 691. The second-order valence-corrected chi connectivity index (χ2v) is 6.18. The summed E-state index contributed by atoms with van der Waals surface area (Å²) in [4.78, 5) is 25.4. The topological polar surface area (TPSA) is 63.5 Å². The zero-order valence-electron chi connectivity index (χ0n) is 13.0. The standard InChI is InChI=1S/C17H18N2O3S/c1-13(14-7-6-8-15(11-14)19(21)22)18(2)17(20)12-23-16-9-4-3-5-10-16/h3-11,13H,12H2,1-2H3/t13-/m0/s1. The number of hydrogen-bond acceptors (Lipinski definition) is 4. The number of carbonyl (C=O) groups excluding carboxylic acids is 1. The van der Waals surface area contributed by atoms with Crippen molar-refractivity contribution in [2.24, 2.45) is 0 Å². The van der Waals surface area contributed by atoms with E-state index in [2.05, 4.69) is 0 Å². The Morgan fingerprint density at radius 2 is 1.91 bits per heavy atom. The van der Waals surface area contributed by atoms with Crippen LogP contribution in [0, 0.1) is 10.1 Å². The van der Waals surface area contributed by atoms with Crippen molar-refractivity contribution >= 4 is 23.4 Å². The van der Waals surface area contributed by atoms with Gasteiger partial charge in [-0.15, -0.1) is 11.8 Å². The van der Waals surface area contributed by atoms with Crippen molar-refractivity contribution < 1.29 is 9.72 Å². The van der Waals surface area contributed by atoms with Gasteiger partial charge in [0.05, 0.1) is 16.7 Å². The third-order valence-corrected chi connectivity index (χ3v) is 4.64. The number of nitro benzene ring substituents is 1. The molecule has 1 amide bonds. The van der Waals surface area contributed by atoms with Crippen molar-refractivity contribution in [3.63, 3.8) is 0 Å². The van der Waals surface area contributed by atoms with Crippen molar-refractivity contribution in [3.05, 3.63) is 70.3 Å². The average Bonchev–Trinajstić information content (AvgIpc) is 2.59. The fourth-order valence-electron chi connectivity index (χ4n) is 2.10. The van der Waals surface area contributed by atoms with Crippen molar-refractivity contribution in [2.45, 2.75) is 17.9 Å². The summed E-state index contributed by atoms with van der Waals surface area (Å²) in [6.07, 6.45) is 0. The molecule has 0 N–H and O–H groups in total. The van der Waals surface area contributed by atoms with Gasteiger partial charge in [0.1, 0.15) is 0 Å². The number of hydrogen-bond donors (Lipinski definition) is 0. The zero-order valence-corrected chi connectivity index (χ0v) is 13.8. The van der Waals surface area contributed by atoms with Gasteiger partial charge < -0.3 is 4.90 Å². The SMILES string of the molecule is C[C@@H](c1cccc([N+](=O)[O-])c1)N(C)C(=O)CSc1ccccc1. The first-order valence-electron chi connectivity index (χ1n) is 7.17. The number of nitro groups is 1. The maximum absolute atomic E-state index is 12.3. The zero-order chi connectivity index (χ0) is 16.8. The minimum atomic E-state index is -0.427. The predicted molar refractivity (Wildman–Crippen MR) is 91.4 cm³/mol. The van der Waals surface area contributed by atoms with Gasteiger partial charge in [0, 0.05) is 24.1 Å². The van der Waals surface area contributed by atoms with Crippen LogP contribution in [0.5, 0.6) is 0 Å². The largest absolute Gasteiger partial charge is 0.338 e. The van der Waals surface area contributed by atoms with Crippen LogP contribution >= 0.6 is 11.8 Å². The van der Waals surface area contributed by atoms with Crippen LogP contribution < -0.4 is 0 Å². The average molecular weight is 330 g/mol. The normalized spacial score (nSPS) is 11.7. The van der Waals surface area contributed by atoms with Gasteiger partial charge in [0.25, 0.3) is 5.69 Å². The lowest BCUT2D eigenvalue weighted by Crippen LogP contribution is -2.31. The molecular weight excluding hydrogens is 312 g/mol. The minimum absolute atomic E-state index is 0.0159. The molecule has 6 heteroatoms. The Morgan fingerprint density at radius 1 is 1.22 bits per heavy atom. The molecule has 0 heterocycles. The van der Waals surface area contributed by atoms with Crippen LogP contribution in [0.25, 0.3) is 0 Å². The first-order valence-corrected chi connectivity index (χ1v) is 8.15.